The fourth-order valence-corrected chi connectivity index (χ4v) is 2.36. The number of carbonyl (C=O) groups excluding carboxylic acids is 1. The highest BCUT2D eigenvalue weighted by atomic mass is 16.6. The minimum absolute atomic E-state index is 0.00501. The number of esters is 1. The molecule has 0 radical (unpaired) electrons. The Labute approximate surface area is 156 Å². The van der Waals surface area contributed by atoms with Gasteiger partial charge in [-0.25, -0.2) is 4.79 Å². The molecule has 0 aliphatic heterocycles. The lowest BCUT2D eigenvalue weighted by Gasteiger charge is -2.09. The third-order valence-electron chi connectivity index (χ3n) is 3.81. The van der Waals surface area contributed by atoms with Crippen molar-refractivity contribution in [2.24, 2.45) is 7.05 Å². The molecule has 0 saturated heterocycles. The summed E-state index contributed by atoms with van der Waals surface area (Å²) in [7, 11) is 1.48. The highest BCUT2D eigenvalue weighted by Gasteiger charge is 2.24. The quantitative estimate of drug-likeness (QED) is 0.352. The number of rotatable bonds is 6. The van der Waals surface area contributed by atoms with Gasteiger partial charge in [0.1, 0.15) is 5.69 Å². The van der Waals surface area contributed by atoms with Gasteiger partial charge in [-0.05, 0) is 19.1 Å². The van der Waals surface area contributed by atoms with E-state index in [1.807, 2.05) is 0 Å². The molecule has 0 bridgehead atoms. The van der Waals surface area contributed by atoms with Gasteiger partial charge in [0.2, 0.25) is 5.89 Å². The van der Waals surface area contributed by atoms with Crippen LogP contribution in [0.5, 0.6) is 0 Å². The molecule has 1 aromatic carbocycles. The van der Waals surface area contributed by atoms with Gasteiger partial charge in [-0.15, -0.1) is 10.2 Å². The number of ether oxygens (including phenoxy) is 1. The van der Waals surface area contributed by atoms with E-state index in [4.69, 9.17) is 9.15 Å². The first-order chi connectivity index (χ1) is 13.3. The molecule has 0 spiro atoms. The summed E-state index contributed by atoms with van der Waals surface area (Å²) in [5.74, 6) is -0.689. The maximum atomic E-state index is 12.2. The number of nitrogens with zero attached hydrogens (tertiary/aromatic N) is 5. The van der Waals surface area contributed by atoms with Crippen LogP contribution in [0.4, 0.5) is 11.4 Å². The van der Waals surface area contributed by atoms with Crippen molar-refractivity contribution in [1.29, 1.82) is 0 Å². The third-order valence-corrected chi connectivity index (χ3v) is 3.81. The number of aryl methyl sites for hydroxylation is 1. The minimum atomic E-state index is -0.916. The number of hydrogen-bond donors (Lipinski definition) is 0. The largest absolute Gasteiger partial charge is 0.448 e. The van der Waals surface area contributed by atoms with Gasteiger partial charge in [0.05, 0.1) is 16.0 Å². The van der Waals surface area contributed by atoms with Gasteiger partial charge in [0.25, 0.3) is 17.3 Å². The van der Waals surface area contributed by atoms with Crippen LogP contribution in [0.1, 0.15) is 29.4 Å². The van der Waals surface area contributed by atoms with Gasteiger partial charge < -0.3 is 13.7 Å². The highest BCUT2D eigenvalue weighted by Crippen LogP contribution is 2.25. The van der Waals surface area contributed by atoms with E-state index in [1.165, 1.54) is 49.0 Å². The van der Waals surface area contributed by atoms with Crippen molar-refractivity contribution in [2.45, 2.75) is 13.0 Å². The van der Waals surface area contributed by atoms with Gasteiger partial charge in [-0.1, -0.05) is 0 Å². The molecule has 0 aliphatic rings. The molecule has 1 atom stereocenters. The number of benzene rings is 1. The Balaban J connectivity index is 1.73. The van der Waals surface area contributed by atoms with Crippen molar-refractivity contribution in [3.63, 3.8) is 0 Å². The summed E-state index contributed by atoms with van der Waals surface area (Å²) in [5, 5.41) is 29.1. The molecular weight excluding hydrogens is 374 g/mol. The van der Waals surface area contributed by atoms with Crippen LogP contribution in [-0.2, 0) is 11.8 Å². The zero-order valence-electron chi connectivity index (χ0n) is 14.6. The van der Waals surface area contributed by atoms with Crippen LogP contribution in [0.3, 0.4) is 0 Å². The van der Waals surface area contributed by atoms with Crippen LogP contribution in [0, 0.1) is 20.2 Å². The molecule has 2 heterocycles. The lowest BCUT2D eigenvalue weighted by molar-refractivity contribution is -0.385. The van der Waals surface area contributed by atoms with Gasteiger partial charge >= 0.3 is 5.97 Å². The molecule has 28 heavy (non-hydrogen) atoms. The Morgan fingerprint density at radius 1 is 1.14 bits per heavy atom. The first kappa shape index (κ1) is 18.7. The van der Waals surface area contributed by atoms with Crippen molar-refractivity contribution in [1.82, 2.24) is 14.8 Å². The predicted molar refractivity (Wildman–Crippen MR) is 92.3 cm³/mol. The third kappa shape index (κ3) is 3.70. The molecule has 1 unspecified atom stereocenters. The second-order valence-corrected chi connectivity index (χ2v) is 5.75. The maximum absolute atomic E-state index is 12.2. The molecule has 0 aliphatic carbocycles. The summed E-state index contributed by atoms with van der Waals surface area (Å²) in [6.07, 6.45) is 0.279. The Morgan fingerprint density at radius 2 is 1.79 bits per heavy atom. The molecule has 0 N–H and O–H groups in total. The predicted octanol–water partition coefficient (Wildman–Crippen LogP) is 2.81. The van der Waals surface area contributed by atoms with E-state index in [9.17, 15) is 25.0 Å². The van der Waals surface area contributed by atoms with Crippen LogP contribution >= 0.6 is 0 Å². The minimum Gasteiger partial charge on any atom is -0.448 e. The van der Waals surface area contributed by atoms with E-state index in [1.54, 1.807) is 0 Å². The first-order valence-electron chi connectivity index (χ1n) is 7.86. The zero-order chi connectivity index (χ0) is 20.4. The number of aromatic nitrogens is 3. The fourth-order valence-electron chi connectivity index (χ4n) is 2.36. The number of non-ortho nitro benzene ring substituents is 1. The Hall–Kier alpha value is -4.09. The van der Waals surface area contributed by atoms with Crippen LogP contribution in [-0.4, -0.2) is 30.6 Å². The first-order valence-corrected chi connectivity index (χ1v) is 7.86. The summed E-state index contributed by atoms with van der Waals surface area (Å²) in [5.41, 5.74) is 0.136. The van der Waals surface area contributed by atoms with E-state index >= 15 is 0 Å². The Bertz CT molecular complexity index is 1050. The van der Waals surface area contributed by atoms with E-state index in [0.29, 0.717) is 5.56 Å². The lowest BCUT2D eigenvalue weighted by Crippen LogP contribution is -2.12. The molecule has 12 heteroatoms. The summed E-state index contributed by atoms with van der Waals surface area (Å²) in [6, 6.07) is 6.60. The molecule has 0 amide bonds. The van der Waals surface area contributed by atoms with Crippen molar-refractivity contribution >= 4 is 17.3 Å². The molecule has 0 fully saturated rings. The monoisotopic (exact) mass is 387 g/mol. The SMILES string of the molecule is CC(OC(=O)c1cc([N+](=O)[O-])cn1C)c1nnc(-c2ccc([N+](=O)[O-])cc2)o1. The lowest BCUT2D eigenvalue weighted by atomic mass is 10.2. The van der Waals surface area contributed by atoms with Crippen molar-refractivity contribution in [2.75, 3.05) is 0 Å². The van der Waals surface area contributed by atoms with Gasteiger partial charge in [-0.2, -0.15) is 0 Å². The molecule has 144 valence electrons. The van der Waals surface area contributed by atoms with Crippen LogP contribution in [0.2, 0.25) is 0 Å². The molecule has 3 aromatic rings. The van der Waals surface area contributed by atoms with Crippen molar-refractivity contribution < 1.29 is 23.8 Å². The number of nitro benzene ring substituents is 1. The van der Waals surface area contributed by atoms with Crippen LogP contribution in [0.25, 0.3) is 11.5 Å². The normalized spacial score (nSPS) is 11.8. The fraction of sp³-hybridized carbons (Fsp3) is 0.188. The highest BCUT2D eigenvalue weighted by molar-refractivity contribution is 5.88. The topological polar surface area (TPSA) is 156 Å². The standard InChI is InChI=1S/C16H13N5O7/c1-9(27-16(22)13-7-12(21(25)26)8-19(13)2)14-17-18-15(28-14)10-3-5-11(6-4-10)20(23)24/h3-9H,1-2H3. The summed E-state index contributed by atoms with van der Waals surface area (Å²) in [4.78, 5) is 32.6. The average molecular weight is 387 g/mol. The number of hydrogen-bond acceptors (Lipinski definition) is 9. The van der Waals surface area contributed by atoms with E-state index in [-0.39, 0.29) is 28.9 Å². The zero-order valence-corrected chi connectivity index (χ0v) is 14.6. The molecule has 12 nitrogen and oxygen atoms in total. The molecular formula is C16H13N5O7. The second-order valence-electron chi connectivity index (χ2n) is 5.75. The average Bonchev–Trinajstić information content (AvgIpc) is 3.29. The van der Waals surface area contributed by atoms with Crippen LogP contribution < -0.4 is 0 Å². The summed E-state index contributed by atoms with van der Waals surface area (Å²) < 4.78 is 12.0. The summed E-state index contributed by atoms with van der Waals surface area (Å²) >= 11 is 0. The van der Waals surface area contributed by atoms with E-state index < -0.39 is 21.9 Å². The van der Waals surface area contributed by atoms with Gasteiger partial charge in [0.15, 0.2) is 6.10 Å². The van der Waals surface area contributed by atoms with Gasteiger partial charge in [-0.3, -0.25) is 20.2 Å². The van der Waals surface area contributed by atoms with Gasteiger partial charge in [0, 0.05) is 30.8 Å². The molecule has 0 saturated carbocycles. The number of nitro groups is 2. The van der Waals surface area contributed by atoms with Crippen molar-refractivity contribution in [3.8, 4) is 11.5 Å². The maximum Gasteiger partial charge on any atom is 0.355 e. The Kier molecular flexibility index (Phi) is 4.85. The smallest absolute Gasteiger partial charge is 0.355 e. The van der Waals surface area contributed by atoms with Crippen molar-refractivity contribution in [3.05, 3.63) is 68.3 Å². The Morgan fingerprint density at radius 3 is 2.36 bits per heavy atom. The number of carbonyl (C=O) groups is 1. The second kappa shape index (κ2) is 7.26. The van der Waals surface area contributed by atoms with Crippen LogP contribution in [0.15, 0.2) is 40.9 Å². The van der Waals surface area contributed by atoms with E-state index in [2.05, 4.69) is 10.2 Å². The van der Waals surface area contributed by atoms with E-state index in [0.717, 1.165) is 6.07 Å². The molecule has 3 rings (SSSR count). The summed E-state index contributed by atoms with van der Waals surface area (Å²) in [6.45, 7) is 1.50. The molecule has 2 aromatic heterocycles.